The van der Waals surface area contributed by atoms with Crippen LogP contribution < -0.4 is 10.6 Å². The number of nitrogens with one attached hydrogen (secondary N) is 2. The van der Waals surface area contributed by atoms with E-state index in [0.717, 1.165) is 19.6 Å². The Bertz CT molecular complexity index is 411. The Balaban J connectivity index is 0.00000220. The maximum atomic E-state index is 11.8. The van der Waals surface area contributed by atoms with Gasteiger partial charge in [0.05, 0.1) is 6.04 Å². The molecule has 0 saturated carbocycles. The van der Waals surface area contributed by atoms with Crippen molar-refractivity contribution in [3.05, 3.63) is 35.9 Å². The lowest BCUT2D eigenvalue weighted by Gasteiger charge is -2.28. The topological polar surface area (TPSA) is 44.4 Å². The fourth-order valence-corrected chi connectivity index (χ4v) is 2.72. The highest BCUT2D eigenvalue weighted by molar-refractivity contribution is 5.85. The van der Waals surface area contributed by atoms with Gasteiger partial charge in [0.2, 0.25) is 5.91 Å². The first-order chi connectivity index (χ1) is 9.81. The standard InChI is InChI=1S/C16H25N3O.2ClH/c1-17-10-9-16(20)18-13-15(19-11-5-6-12-19)14-7-3-2-4-8-14;;/h2-4,7-8,15,17H,5-6,9-13H2,1H3,(H,18,20);2*1H. The maximum absolute atomic E-state index is 11.8. The quantitative estimate of drug-likeness (QED) is 0.795. The van der Waals surface area contributed by atoms with Crippen LogP contribution in [0.4, 0.5) is 0 Å². The number of benzene rings is 1. The zero-order valence-corrected chi connectivity index (χ0v) is 14.7. The summed E-state index contributed by atoms with van der Waals surface area (Å²) in [6, 6.07) is 10.8. The minimum Gasteiger partial charge on any atom is -0.354 e. The number of carbonyl (C=O) groups is 1. The first-order valence-electron chi connectivity index (χ1n) is 7.51. The van der Waals surface area contributed by atoms with Crippen LogP contribution in [0.5, 0.6) is 0 Å². The number of likely N-dealkylation sites (tertiary alicyclic amines) is 1. The largest absolute Gasteiger partial charge is 0.354 e. The van der Waals surface area contributed by atoms with Gasteiger partial charge in [0.1, 0.15) is 0 Å². The van der Waals surface area contributed by atoms with E-state index in [9.17, 15) is 4.79 Å². The van der Waals surface area contributed by atoms with E-state index in [2.05, 4.69) is 39.8 Å². The first-order valence-corrected chi connectivity index (χ1v) is 7.51. The van der Waals surface area contributed by atoms with E-state index in [1.165, 1.54) is 18.4 Å². The molecule has 4 nitrogen and oxygen atoms in total. The number of hydrogen-bond donors (Lipinski definition) is 2. The Morgan fingerprint density at radius 2 is 1.82 bits per heavy atom. The number of halogens is 2. The molecule has 1 aliphatic heterocycles. The molecular formula is C16H27Cl2N3O. The average Bonchev–Trinajstić information content (AvgIpc) is 3.00. The average molecular weight is 348 g/mol. The molecule has 1 amide bonds. The van der Waals surface area contributed by atoms with Crippen LogP contribution in [-0.2, 0) is 4.79 Å². The van der Waals surface area contributed by atoms with Gasteiger partial charge in [-0.2, -0.15) is 0 Å². The van der Waals surface area contributed by atoms with Crippen LogP contribution in [-0.4, -0.2) is 44.0 Å². The van der Waals surface area contributed by atoms with Crippen molar-refractivity contribution in [2.75, 3.05) is 33.2 Å². The molecule has 22 heavy (non-hydrogen) atoms. The van der Waals surface area contributed by atoms with Crippen LogP contribution in [0, 0.1) is 0 Å². The third kappa shape index (κ3) is 6.53. The van der Waals surface area contributed by atoms with Crippen molar-refractivity contribution < 1.29 is 4.79 Å². The van der Waals surface area contributed by atoms with Gasteiger partial charge >= 0.3 is 0 Å². The molecule has 1 aromatic rings. The third-order valence-corrected chi connectivity index (χ3v) is 3.86. The van der Waals surface area contributed by atoms with Crippen LogP contribution in [0.1, 0.15) is 30.9 Å². The molecule has 0 aromatic heterocycles. The monoisotopic (exact) mass is 347 g/mol. The van der Waals surface area contributed by atoms with Crippen molar-refractivity contribution in [2.45, 2.75) is 25.3 Å². The predicted molar refractivity (Wildman–Crippen MR) is 96.0 cm³/mol. The Morgan fingerprint density at radius 3 is 2.41 bits per heavy atom. The normalized spacial score (nSPS) is 15.5. The number of nitrogens with zero attached hydrogens (tertiary/aromatic N) is 1. The lowest BCUT2D eigenvalue weighted by Crippen LogP contribution is -2.37. The van der Waals surface area contributed by atoms with Crippen molar-refractivity contribution >= 4 is 30.7 Å². The second-order valence-corrected chi connectivity index (χ2v) is 5.33. The summed E-state index contributed by atoms with van der Waals surface area (Å²) in [5.74, 6) is 0.125. The van der Waals surface area contributed by atoms with E-state index in [1.54, 1.807) is 0 Å². The summed E-state index contributed by atoms with van der Waals surface area (Å²) < 4.78 is 0. The molecule has 6 heteroatoms. The zero-order valence-electron chi connectivity index (χ0n) is 13.1. The predicted octanol–water partition coefficient (Wildman–Crippen LogP) is 2.39. The van der Waals surface area contributed by atoms with Gasteiger partial charge in [0.15, 0.2) is 0 Å². The molecule has 1 atom stereocenters. The lowest BCUT2D eigenvalue weighted by atomic mass is 10.1. The van der Waals surface area contributed by atoms with Gasteiger partial charge in [-0.1, -0.05) is 30.3 Å². The molecule has 1 aromatic carbocycles. The van der Waals surface area contributed by atoms with Crippen LogP contribution in [0.15, 0.2) is 30.3 Å². The van der Waals surface area contributed by atoms with Gasteiger partial charge in [-0.3, -0.25) is 9.69 Å². The SMILES string of the molecule is CNCCC(=O)NCC(c1ccccc1)N1CCCC1.Cl.Cl. The Kier molecular flexibility index (Phi) is 11.3. The van der Waals surface area contributed by atoms with Gasteiger partial charge < -0.3 is 10.6 Å². The fourth-order valence-electron chi connectivity index (χ4n) is 2.72. The van der Waals surface area contributed by atoms with Gasteiger partial charge in [-0.15, -0.1) is 24.8 Å². The van der Waals surface area contributed by atoms with Crippen molar-refractivity contribution in [1.29, 1.82) is 0 Å². The Hall–Kier alpha value is -0.810. The summed E-state index contributed by atoms with van der Waals surface area (Å²) in [5, 5.41) is 6.07. The second kappa shape index (κ2) is 11.7. The Morgan fingerprint density at radius 1 is 1.18 bits per heavy atom. The molecule has 0 radical (unpaired) electrons. The molecule has 2 rings (SSSR count). The lowest BCUT2D eigenvalue weighted by molar-refractivity contribution is -0.121. The van der Waals surface area contributed by atoms with Crippen LogP contribution in [0.25, 0.3) is 0 Å². The number of hydrogen-bond acceptors (Lipinski definition) is 3. The number of rotatable bonds is 7. The smallest absolute Gasteiger partial charge is 0.221 e. The van der Waals surface area contributed by atoms with Crippen LogP contribution in [0.2, 0.25) is 0 Å². The molecule has 1 heterocycles. The highest BCUT2D eigenvalue weighted by Gasteiger charge is 2.23. The van der Waals surface area contributed by atoms with E-state index in [4.69, 9.17) is 0 Å². The van der Waals surface area contributed by atoms with Gasteiger partial charge in [-0.05, 0) is 38.5 Å². The molecule has 0 spiro atoms. The highest BCUT2D eigenvalue weighted by atomic mass is 35.5. The second-order valence-electron chi connectivity index (χ2n) is 5.33. The molecule has 126 valence electrons. The molecule has 1 fully saturated rings. The summed E-state index contributed by atoms with van der Waals surface area (Å²) in [5.41, 5.74) is 1.29. The van der Waals surface area contributed by atoms with E-state index in [0.29, 0.717) is 19.0 Å². The summed E-state index contributed by atoms with van der Waals surface area (Å²) in [6.07, 6.45) is 3.06. The van der Waals surface area contributed by atoms with Crippen molar-refractivity contribution in [1.82, 2.24) is 15.5 Å². The zero-order chi connectivity index (χ0) is 14.2. The molecule has 1 saturated heterocycles. The van der Waals surface area contributed by atoms with Crippen molar-refractivity contribution in [3.8, 4) is 0 Å². The van der Waals surface area contributed by atoms with E-state index in [-0.39, 0.29) is 30.7 Å². The maximum Gasteiger partial charge on any atom is 0.221 e. The van der Waals surface area contributed by atoms with Crippen LogP contribution in [0.3, 0.4) is 0 Å². The molecule has 1 aliphatic rings. The van der Waals surface area contributed by atoms with Gasteiger partial charge in [-0.25, -0.2) is 0 Å². The Labute approximate surface area is 145 Å². The van der Waals surface area contributed by atoms with Crippen molar-refractivity contribution in [3.63, 3.8) is 0 Å². The van der Waals surface area contributed by atoms with Crippen molar-refractivity contribution in [2.24, 2.45) is 0 Å². The fraction of sp³-hybridized carbons (Fsp3) is 0.562. The van der Waals surface area contributed by atoms with E-state index < -0.39 is 0 Å². The number of carbonyl (C=O) groups excluding carboxylic acids is 1. The molecule has 0 aliphatic carbocycles. The van der Waals surface area contributed by atoms with E-state index >= 15 is 0 Å². The molecule has 0 bridgehead atoms. The summed E-state index contributed by atoms with van der Waals surface area (Å²) in [6.45, 7) is 3.69. The molecular weight excluding hydrogens is 321 g/mol. The number of amides is 1. The summed E-state index contributed by atoms with van der Waals surface area (Å²) in [4.78, 5) is 14.3. The third-order valence-electron chi connectivity index (χ3n) is 3.86. The summed E-state index contributed by atoms with van der Waals surface area (Å²) in [7, 11) is 1.87. The minimum atomic E-state index is 0. The first kappa shape index (κ1) is 21.2. The van der Waals surface area contributed by atoms with Crippen LogP contribution >= 0.6 is 24.8 Å². The summed E-state index contributed by atoms with van der Waals surface area (Å²) >= 11 is 0. The van der Waals surface area contributed by atoms with E-state index in [1.807, 2.05) is 13.1 Å². The molecule has 2 N–H and O–H groups in total. The molecule has 1 unspecified atom stereocenters. The minimum absolute atomic E-state index is 0. The van der Waals surface area contributed by atoms with Gasteiger partial charge in [0.25, 0.3) is 0 Å². The van der Waals surface area contributed by atoms with Gasteiger partial charge in [0, 0.05) is 19.5 Å². The highest BCUT2D eigenvalue weighted by Crippen LogP contribution is 2.24.